The number of aryl methyl sites for hydroxylation is 2. The monoisotopic (exact) mass is 358 g/mol. The molecule has 0 spiro atoms. The van der Waals surface area contributed by atoms with Gasteiger partial charge in [-0.15, -0.1) is 0 Å². The van der Waals surface area contributed by atoms with Crippen LogP contribution in [0, 0.1) is 18.8 Å². The summed E-state index contributed by atoms with van der Waals surface area (Å²) in [5.74, 6) is 5.47. The van der Waals surface area contributed by atoms with E-state index in [0.29, 0.717) is 18.7 Å². The third-order valence-electron chi connectivity index (χ3n) is 4.52. The first kappa shape index (κ1) is 18.2. The van der Waals surface area contributed by atoms with Crippen molar-refractivity contribution in [1.82, 2.24) is 9.55 Å². The highest BCUT2D eigenvalue weighted by molar-refractivity contribution is 6.05. The number of amides is 1. The van der Waals surface area contributed by atoms with Gasteiger partial charge in [0.15, 0.2) is 0 Å². The van der Waals surface area contributed by atoms with E-state index in [4.69, 9.17) is 4.74 Å². The van der Waals surface area contributed by atoms with E-state index in [1.807, 2.05) is 35.6 Å². The minimum absolute atomic E-state index is 0.209. The van der Waals surface area contributed by atoms with Crippen molar-refractivity contribution in [3.8, 4) is 11.8 Å². The number of piperidine rings is 1. The summed E-state index contributed by atoms with van der Waals surface area (Å²) in [6.45, 7) is 3.30. The molecule has 1 atom stereocenters. The van der Waals surface area contributed by atoms with Crippen LogP contribution < -0.4 is 10.2 Å². The van der Waals surface area contributed by atoms with Crippen molar-refractivity contribution >= 4 is 28.6 Å². The lowest BCUT2D eigenvalue weighted by Gasteiger charge is -2.29. The van der Waals surface area contributed by atoms with Crippen LogP contribution >= 0.6 is 0 Å². The standard InChI is InChI=1S/C19H23FN4O2/c1-13-10-17-16(11-15(13)21-18(25)7-5-9-26-3)22-19(23(17)2)24-8-4-6-14(20)12-24/h10-11,14H,4,6,8-9,12H2,1-3H3,(H,21,25). The summed E-state index contributed by atoms with van der Waals surface area (Å²) in [6, 6.07) is 3.81. The number of hydrogen-bond acceptors (Lipinski definition) is 4. The number of alkyl halides is 1. The topological polar surface area (TPSA) is 59.4 Å². The summed E-state index contributed by atoms with van der Waals surface area (Å²) >= 11 is 0. The molecule has 0 bridgehead atoms. The maximum atomic E-state index is 13.8. The molecule has 0 aliphatic carbocycles. The zero-order valence-electron chi connectivity index (χ0n) is 15.3. The van der Waals surface area contributed by atoms with Crippen molar-refractivity contribution < 1.29 is 13.9 Å². The quantitative estimate of drug-likeness (QED) is 0.856. The minimum atomic E-state index is -0.814. The number of benzene rings is 1. The van der Waals surface area contributed by atoms with Crippen LogP contribution in [0.4, 0.5) is 16.0 Å². The molecule has 1 aliphatic rings. The zero-order chi connectivity index (χ0) is 18.7. The Balaban J connectivity index is 1.88. The molecular weight excluding hydrogens is 335 g/mol. The van der Waals surface area contributed by atoms with Gasteiger partial charge in [0.05, 0.1) is 17.6 Å². The van der Waals surface area contributed by atoms with Gasteiger partial charge in [-0.25, -0.2) is 9.37 Å². The summed E-state index contributed by atoms with van der Waals surface area (Å²) in [6.07, 6.45) is 0.621. The molecule has 26 heavy (non-hydrogen) atoms. The number of carbonyl (C=O) groups is 1. The average molecular weight is 358 g/mol. The van der Waals surface area contributed by atoms with E-state index in [2.05, 4.69) is 22.1 Å². The summed E-state index contributed by atoms with van der Waals surface area (Å²) in [4.78, 5) is 18.6. The van der Waals surface area contributed by atoms with Crippen molar-refractivity contribution in [2.24, 2.45) is 7.05 Å². The Bertz CT molecular complexity index is 881. The number of fused-ring (bicyclic) bond motifs is 1. The van der Waals surface area contributed by atoms with Gasteiger partial charge in [-0.05, 0) is 43.4 Å². The minimum Gasteiger partial charge on any atom is -0.372 e. The van der Waals surface area contributed by atoms with Gasteiger partial charge in [-0.2, -0.15) is 0 Å². The van der Waals surface area contributed by atoms with Gasteiger partial charge >= 0.3 is 0 Å². The second-order valence-electron chi connectivity index (χ2n) is 6.50. The number of halogens is 1. The Hall–Kier alpha value is -2.59. The molecule has 7 heteroatoms. The van der Waals surface area contributed by atoms with Crippen LogP contribution in [-0.4, -0.2) is 48.4 Å². The van der Waals surface area contributed by atoms with Crippen molar-refractivity contribution in [2.75, 3.05) is 37.0 Å². The number of aromatic nitrogens is 2. The number of methoxy groups -OCH3 is 1. The molecule has 0 saturated carbocycles. The Morgan fingerprint density at radius 1 is 1.50 bits per heavy atom. The molecule has 6 nitrogen and oxygen atoms in total. The average Bonchev–Trinajstić information content (AvgIpc) is 2.92. The molecule has 1 unspecified atom stereocenters. The first-order valence-corrected chi connectivity index (χ1v) is 8.64. The fraction of sp³-hybridized carbons (Fsp3) is 0.474. The molecule has 1 saturated heterocycles. The largest absolute Gasteiger partial charge is 0.372 e. The van der Waals surface area contributed by atoms with Gasteiger partial charge in [0.25, 0.3) is 5.91 Å². The molecule has 138 valence electrons. The van der Waals surface area contributed by atoms with Crippen LogP contribution in [0.25, 0.3) is 11.0 Å². The van der Waals surface area contributed by atoms with E-state index >= 15 is 0 Å². The van der Waals surface area contributed by atoms with E-state index in [1.165, 1.54) is 7.11 Å². The lowest BCUT2D eigenvalue weighted by Crippen LogP contribution is -2.37. The van der Waals surface area contributed by atoms with Crippen LogP contribution in [0.3, 0.4) is 0 Å². The van der Waals surface area contributed by atoms with E-state index in [1.54, 1.807) is 0 Å². The first-order valence-electron chi connectivity index (χ1n) is 8.64. The Morgan fingerprint density at radius 3 is 3.04 bits per heavy atom. The van der Waals surface area contributed by atoms with Crippen LogP contribution in [0.15, 0.2) is 12.1 Å². The highest BCUT2D eigenvalue weighted by Gasteiger charge is 2.23. The Kier molecular flexibility index (Phi) is 5.43. The lowest BCUT2D eigenvalue weighted by atomic mass is 10.1. The van der Waals surface area contributed by atoms with Crippen molar-refractivity contribution in [3.05, 3.63) is 17.7 Å². The molecule has 2 heterocycles. The summed E-state index contributed by atoms with van der Waals surface area (Å²) in [5, 5.41) is 2.79. The van der Waals surface area contributed by atoms with Crippen LogP contribution in [0.2, 0.25) is 0 Å². The third kappa shape index (κ3) is 3.81. The van der Waals surface area contributed by atoms with Crippen molar-refractivity contribution in [3.63, 3.8) is 0 Å². The number of carbonyl (C=O) groups excluding carboxylic acids is 1. The Morgan fingerprint density at radius 2 is 2.31 bits per heavy atom. The summed E-state index contributed by atoms with van der Waals surface area (Å²) in [7, 11) is 3.46. The Labute approximate surface area is 152 Å². The SMILES string of the molecule is COCC#CC(=O)Nc1cc2nc(N3CCCC(F)C3)n(C)c2cc1C. The molecular formula is C19H23FN4O2. The smallest absolute Gasteiger partial charge is 0.300 e. The number of anilines is 2. The number of nitrogens with one attached hydrogen (secondary N) is 1. The third-order valence-corrected chi connectivity index (χ3v) is 4.52. The number of hydrogen-bond donors (Lipinski definition) is 1. The molecule has 1 aromatic carbocycles. The molecule has 3 rings (SSSR count). The number of rotatable bonds is 3. The number of imidazole rings is 1. The fourth-order valence-electron chi connectivity index (χ4n) is 3.20. The second kappa shape index (κ2) is 7.75. The normalized spacial score (nSPS) is 17.1. The van der Waals surface area contributed by atoms with E-state index < -0.39 is 12.1 Å². The maximum absolute atomic E-state index is 13.8. The molecule has 0 radical (unpaired) electrons. The molecule has 2 aromatic rings. The molecule has 1 fully saturated rings. The summed E-state index contributed by atoms with van der Waals surface area (Å²) in [5.41, 5.74) is 3.29. The maximum Gasteiger partial charge on any atom is 0.300 e. The molecule has 1 N–H and O–H groups in total. The summed E-state index contributed by atoms with van der Waals surface area (Å²) < 4.78 is 20.5. The van der Waals surface area contributed by atoms with Gasteiger partial charge in [0, 0.05) is 26.4 Å². The first-order chi connectivity index (χ1) is 12.5. The second-order valence-corrected chi connectivity index (χ2v) is 6.50. The van der Waals surface area contributed by atoms with Crippen LogP contribution in [-0.2, 0) is 16.6 Å². The van der Waals surface area contributed by atoms with E-state index in [-0.39, 0.29) is 6.61 Å². The lowest BCUT2D eigenvalue weighted by molar-refractivity contribution is -0.111. The van der Waals surface area contributed by atoms with Crippen molar-refractivity contribution in [1.29, 1.82) is 0 Å². The van der Waals surface area contributed by atoms with E-state index in [0.717, 1.165) is 35.5 Å². The molecule has 1 aromatic heterocycles. The fourth-order valence-corrected chi connectivity index (χ4v) is 3.20. The number of nitrogens with zero attached hydrogens (tertiary/aromatic N) is 3. The predicted octanol–water partition coefficient (Wildman–Crippen LogP) is 2.41. The predicted molar refractivity (Wildman–Crippen MR) is 100 cm³/mol. The van der Waals surface area contributed by atoms with Gasteiger partial charge < -0.3 is 19.5 Å². The molecule has 1 amide bonds. The highest BCUT2D eigenvalue weighted by Crippen LogP contribution is 2.28. The highest BCUT2D eigenvalue weighted by atomic mass is 19.1. The van der Waals surface area contributed by atoms with Gasteiger partial charge in [0.1, 0.15) is 12.8 Å². The van der Waals surface area contributed by atoms with Crippen LogP contribution in [0.5, 0.6) is 0 Å². The zero-order valence-corrected chi connectivity index (χ0v) is 15.3. The van der Waals surface area contributed by atoms with Gasteiger partial charge in [-0.1, -0.05) is 5.92 Å². The van der Waals surface area contributed by atoms with Crippen molar-refractivity contribution in [2.45, 2.75) is 25.9 Å². The van der Waals surface area contributed by atoms with Crippen LogP contribution in [0.1, 0.15) is 18.4 Å². The van der Waals surface area contributed by atoms with Gasteiger partial charge in [0.2, 0.25) is 5.95 Å². The molecule has 1 aliphatic heterocycles. The van der Waals surface area contributed by atoms with E-state index in [9.17, 15) is 9.18 Å². The number of ether oxygens (including phenoxy) is 1. The van der Waals surface area contributed by atoms with Gasteiger partial charge in [-0.3, -0.25) is 4.79 Å².